The highest BCUT2D eigenvalue weighted by atomic mass is 16.5. The molecular formula is C16H26N4O3. The van der Waals surface area contributed by atoms with Crippen LogP contribution < -0.4 is 5.32 Å². The zero-order valence-corrected chi connectivity index (χ0v) is 14.3. The molecule has 2 aliphatic rings. The van der Waals surface area contributed by atoms with Crippen LogP contribution in [-0.4, -0.2) is 67.4 Å². The van der Waals surface area contributed by atoms with E-state index in [1.165, 1.54) is 5.56 Å². The lowest BCUT2D eigenvalue weighted by Gasteiger charge is -2.20. The zero-order chi connectivity index (χ0) is 16.6. The molecule has 1 aromatic rings. The van der Waals surface area contributed by atoms with Gasteiger partial charge in [0.05, 0.1) is 18.4 Å². The van der Waals surface area contributed by atoms with Crippen molar-refractivity contribution in [3.63, 3.8) is 0 Å². The van der Waals surface area contributed by atoms with Crippen molar-refractivity contribution in [1.82, 2.24) is 20.3 Å². The molecule has 2 saturated heterocycles. The number of carbonyl (C=O) groups excluding carboxylic acids is 1. The van der Waals surface area contributed by atoms with E-state index >= 15 is 0 Å². The summed E-state index contributed by atoms with van der Waals surface area (Å²) >= 11 is 0. The standard InChI is InChI=1S/C16H26N4O3/c1-10-13(11(2)23-18-10)6-20-7-14-12(9-22-15(14)8-20)5-17-16(21)19(3)4/h12,14-15H,5-9H2,1-4H3,(H,17,21)/t12-,14+,15+/m1/s1. The number of nitrogens with zero attached hydrogens (tertiary/aromatic N) is 3. The SMILES string of the molecule is Cc1noc(C)c1CN1C[C@H]2[C@H](CNC(=O)N(C)C)CO[C@H]2C1. The summed E-state index contributed by atoms with van der Waals surface area (Å²) in [7, 11) is 3.51. The monoisotopic (exact) mass is 322 g/mol. The first-order valence-corrected chi connectivity index (χ1v) is 8.16. The number of urea groups is 1. The van der Waals surface area contributed by atoms with E-state index in [1.807, 2.05) is 13.8 Å². The summed E-state index contributed by atoms with van der Waals surface area (Å²) in [5.41, 5.74) is 2.15. The number of carbonyl (C=O) groups is 1. The van der Waals surface area contributed by atoms with E-state index in [1.54, 1.807) is 19.0 Å². The predicted molar refractivity (Wildman–Crippen MR) is 85.1 cm³/mol. The second kappa shape index (κ2) is 6.49. The van der Waals surface area contributed by atoms with Gasteiger partial charge in [0.15, 0.2) is 0 Å². The molecule has 2 fully saturated rings. The topological polar surface area (TPSA) is 70.8 Å². The van der Waals surface area contributed by atoms with Gasteiger partial charge >= 0.3 is 6.03 Å². The van der Waals surface area contributed by atoms with Crippen molar-refractivity contribution < 1.29 is 14.1 Å². The lowest BCUT2D eigenvalue weighted by molar-refractivity contribution is 0.0939. The third-order valence-electron chi connectivity index (χ3n) is 5.00. The van der Waals surface area contributed by atoms with Gasteiger partial charge in [-0.2, -0.15) is 0 Å². The first kappa shape index (κ1) is 16.3. The highest BCUT2D eigenvalue weighted by Crippen LogP contribution is 2.34. The van der Waals surface area contributed by atoms with E-state index in [9.17, 15) is 4.79 Å². The molecule has 0 aliphatic carbocycles. The molecule has 2 amide bonds. The number of rotatable bonds is 4. The number of hydrogen-bond donors (Lipinski definition) is 1. The van der Waals surface area contributed by atoms with Gasteiger partial charge in [0.2, 0.25) is 0 Å². The number of nitrogens with one attached hydrogen (secondary N) is 1. The number of likely N-dealkylation sites (tertiary alicyclic amines) is 1. The fraction of sp³-hybridized carbons (Fsp3) is 0.750. The lowest BCUT2D eigenvalue weighted by Crippen LogP contribution is -2.39. The molecule has 0 bridgehead atoms. The summed E-state index contributed by atoms with van der Waals surface area (Å²) in [6.07, 6.45) is 0.275. The lowest BCUT2D eigenvalue weighted by atomic mass is 9.93. The molecule has 0 aromatic carbocycles. The van der Waals surface area contributed by atoms with E-state index in [0.717, 1.165) is 37.7 Å². The van der Waals surface area contributed by atoms with Gasteiger partial charge in [-0.15, -0.1) is 0 Å². The predicted octanol–water partition coefficient (Wildman–Crippen LogP) is 1.01. The van der Waals surface area contributed by atoms with Gasteiger partial charge in [-0.1, -0.05) is 5.16 Å². The van der Waals surface area contributed by atoms with Crippen molar-refractivity contribution in [2.45, 2.75) is 26.5 Å². The van der Waals surface area contributed by atoms with E-state index < -0.39 is 0 Å². The van der Waals surface area contributed by atoms with Crippen molar-refractivity contribution in [1.29, 1.82) is 0 Å². The Kier molecular flexibility index (Phi) is 4.59. The third-order valence-corrected chi connectivity index (χ3v) is 5.00. The molecule has 0 unspecified atom stereocenters. The average molecular weight is 322 g/mol. The largest absolute Gasteiger partial charge is 0.376 e. The summed E-state index contributed by atoms with van der Waals surface area (Å²) in [5.74, 6) is 1.77. The van der Waals surface area contributed by atoms with E-state index in [2.05, 4.69) is 15.4 Å². The van der Waals surface area contributed by atoms with Gasteiger partial charge in [-0.25, -0.2) is 4.79 Å². The molecule has 2 aliphatic heterocycles. The molecule has 7 nitrogen and oxygen atoms in total. The fourth-order valence-corrected chi connectivity index (χ4v) is 3.55. The number of aromatic nitrogens is 1. The van der Waals surface area contributed by atoms with Crippen molar-refractivity contribution in [2.75, 3.05) is 40.3 Å². The quantitative estimate of drug-likeness (QED) is 0.896. The van der Waals surface area contributed by atoms with Crippen molar-refractivity contribution >= 4 is 6.03 Å². The number of fused-ring (bicyclic) bond motifs is 1. The van der Waals surface area contributed by atoms with Crippen LogP contribution in [0.15, 0.2) is 4.52 Å². The van der Waals surface area contributed by atoms with Crippen molar-refractivity contribution in [2.24, 2.45) is 11.8 Å². The molecule has 0 radical (unpaired) electrons. The third kappa shape index (κ3) is 3.35. The van der Waals surface area contributed by atoms with Crippen LogP contribution in [0.3, 0.4) is 0 Å². The summed E-state index contributed by atoms with van der Waals surface area (Å²) in [4.78, 5) is 15.7. The minimum Gasteiger partial charge on any atom is -0.376 e. The molecular weight excluding hydrogens is 296 g/mol. The minimum atomic E-state index is -0.0426. The average Bonchev–Trinajstić information content (AvgIpc) is 3.15. The Bertz CT molecular complexity index is 552. The van der Waals surface area contributed by atoms with E-state index in [-0.39, 0.29) is 12.1 Å². The molecule has 23 heavy (non-hydrogen) atoms. The van der Waals surface area contributed by atoms with Gasteiger partial charge in [-0.05, 0) is 13.8 Å². The van der Waals surface area contributed by atoms with Gasteiger partial charge in [0, 0.05) is 57.7 Å². The Hall–Kier alpha value is -1.60. The van der Waals surface area contributed by atoms with Crippen LogP contribution in [0.25, 0.3) is 0 Å². The number of amides is 2. The summed E-state index contributed by atoms with van der Waals surface area (Å²) in [5, 5.41) is 7.00. The normalized spacial score (nSPS) is 27.2. The van der Waals surface area contributed by atoms with Crippen LogP contribution in [0.2, 0.25) is 0 Å². The Morgan fingerprint density at radius 1 is 1.39 bits per heavy atom. The van der Waals surface area contributed by atoms with Crippen LogP contribution in [0.5, 0.6) is 0 Å². The molecule has 3 atom stereocenters. The maximum absolute atomic E-state index is 11.7. The first-order chi connectivity index (χ1) is 11.0. The summed E-state index contributed by atoms with van der Waals surface area (Å²) in [6, 6.07) is -0.0426. The van der Waals surface area contributed by atoms with Gasteiger partial charge in [0.1, 0.15) is 5.76 Å². The Morgan fingerprint density at radius 2 is 2.17 bits per heavy atom. The van der Waals surface area contributed by atoms with Crippen LogP contribution in [0.1, 0.15) is 17.0 Å². The van der Waals surface area contributed by atoms with Crippen LogP contribution in [0.4, 0.5) is 4.79 Å². The van der Waals surface area contributed by atoms with Crippen molar-refractivity contribution in [3.8, 4) is 0 Å². The highest BCUT2D eigenvalue weighted by Gasteiger charge is 2.43. The van der Waals surface area contributed by atoms with E-state index in [4.69, 9.17) is 9.26 Å². The first-order valence-electron chi connectivity index (χ1n) is 8.16. The Labute approximate surface area is 136 Å². The fourth-order valence-electron chi connectivity index (χ4n) is 3.55. The summed E-state index contributed by atoms with van der Waals surface area (Å²) in [6.45, 7) is 8.15. The number of ether oxygens (including phenoxy) is 1. The maximum atomic E-state index is 11.7. The molecule has 1 aromatic heterocycles. The Balaban J connectivity index is 1.55. The summed E-state index contributed by atoms with van der Waals surface area (Å²) < 4.78 is 11.2. The number of hydrogen-bond acceptors (Lipinski definition) is 5. The zero-order valence-electron chi connectivity index (χ0n) is 14.3. The molecule has 3 rings (SSSR count). The smallest absolute Gasteiger partial charge is 0.316 e. The molecule has 0 saturated carbocycles. The molecule has 1 N–H and O–H groups in total. The molecule has 0 spiro atoms. The maximum Gasteiger partial charge on any atom is 0.316 e. The number of aryl methyl sites for hydroxylation is 2. The Morgan fingerprint density at radius 3 is 2.83 bits per heavy atom. The van der Waals surface area contributed by atoms with E-state index in [0.29, 0.717) is 18.4 Å². The van der Waals surface area contributed by atoms with Gasteiger partial charge in [0.25, 0.3) is 0 Å². The molecule has 7 heteroatoms. The van der Waals surface area contributed by atoms with Crippen LogP contribution in [0, 0.1) is 25.7 Å². The molecule has 128 valence electrons. The van der Waals surface area contributed by atoms with Crippen LogP contribution >= 0.6 is 0 Å². The second-order valence-electron chi connectivity index (χ2n) is 6.87. The van der Waals surface area contributed by atoms with Crippen LogP contribution in [-0.2, 0) is 11.3 Å². The minimum absolute atomic E-state index is 0.0426. The highest BCUT2D eigenvalue weighted by molar-refractivity contribution is 5.73. The van der Waals surface area contributed by atoms with Gasteiger partial charge in [-0.3, -0.25) is 4.90 Å². The second-order valence-corrected chi connectivity index (χ2v) is 6.87. The van der Waals surface area contributed by atoms with Gasteiger partial charge < -0.3 is 19.5 Å². The van der Waals surface area contributed by atoms with Crippen molar-refractivity contribution in [3.05, 3.63) is 17.0 Å². The molecule has 3 heterocycles.